The van der Waals surface area contributed by atoms with Gasteiger partial charge in [0.2, 0.25) is 11.8 Å². The van der Waals surface area contributed by atoms with Crippen LogP contribution in [0.3, 0.4) is 0 Å². The highest BCUT2D eigenvalue weighted by atomic mass is 19.3. The van der Waals surface area contributed by atoms with Crippen molar-refractivity contribution in [3.8, 4) is 11.5 Å². The summed E-state index contributed by atoms with van der Waals surface area (Å²) in [5.74, 6) is -0.231. The predicted molar refractivity (Wildman–Crippen MR) is 92.1 cm³/mol. The third kappa shape index (κ3) is 6.02. The van der Waals surface area contributed by atoms with Gasteiger partial charge >= 0.3 is 6.61 Å². The van der Waals surface area contributed by atoms with Crippen molar-refractivity contribution in [3.63, 3.8) is 0 Å². The van der Waals surface area contributed by atoms with Gasteiger partial charge in [-0.2, -0.15) is 8.78 Å². The normalized spacial score (nSPS) is 14.1. The molecule has 2 amide bonds. The maximum atomic E-state index is 12.3. The zero-order valence-corrected chi connectivity index (χ0v) is 14.5. The SMILES string of the molecule is COc1cc(/C=C/C(=O)NCCC(=O)N2CCCC2)ccc1OC(F)F. The first-order chi connectivity index (χ1) is 12.5. The Hall–Kier alpha value is -2.64. The van der Waals surface area contributed by atoms with Crippen LogP contribution in [0.4, 0.5) is 8.78 Å². The van der Waals surface area contributed by atoms with Crippen LogP contribution >= 0.6 is 0 Å². The predicted octanol–water partition coefficient (Wildman–Crippen LogP) is 2.44. The number of amides is 2. The van der Waals surface area contributed by atoms with Crippen molar-refractivity contribution in [3.05, 3.63) is 29.8 Å². The minimum atomic E-state index is -2.95. The highest BCUT2D eigenvalue weighted by Gasteiger charge is 2.17. The second kappa shape index (κ2) is 9.74. The van der Waals surface area contributed by atoms with E-state index in [-0.39, 0.29) is 36.3 Å². The van der Waals surface area contributed by atoms with Gasteiger partial charge in [0.25, 0.3) is 0 Å². The molecular formula is C18H22F2N2O4. The summed E-state index contributed by atoms with van der Waals surface area (Å²) in [7, 11) is 1.34. The molecule has 8 heteroatoms. The molecule has 0 bridgehead atoms. The number of methoxy groups -OCH3 is 1. The summed E-state index contributed by atoms with van der Waals surface area (Å²) in [5.41, 5.74) is 0.590. The Labute approximate surface area is 150 Å². The summed E-state index contributed by atoms with van der Waals surface area (Å²) in [6.45, 7) is -1.10. The van der Waals surface area contributed by atoms with Gasteiger partial charge in [-0.3, -0.25) is 9.59 Å². The lowest BCUT2D eigenvalue weighted by Crippen LogP contribution is -2.32. The van der Waals surface area contributed by atoms with Crippen LogP contribution in [-0.4, -0.2) is 50.1 Å². The number of ether oxygens (including phenoxy) is 2. The van der Waals surface area contributed by atoms with E-state index in [0.717, 1.165) is 25.9 Å². The van der Waals surface area contributed by atoms with Crippen LogP contribution < -0.4 is 14.8 Å². The van der Waals surface area contributed by atoms with E-state index in [1.807, 2.05) is 0 Å². The minimum Gasteiger partial charge on any atom is -0.493 e. The Morgan fingerprint density at radius 2 is 2.00 bits per heavy atom. The topological polar surface area (TPSA) is 67.9 Å². The molecule has 0 radical (unpaired) electrons. The molecule has 1 heterocycles. The second-order valence-corrected chi connectivity index (χ2v) is 5.75. The smallest absolute Gasteiger partial charge is 0.387 e. The Bertz CT molecular complexity index is 659. The average molecular weight is 368 g/mol. The van der Waals surface area contributed by atoms with E-state index in [1.54, 1.807) is 4.90 Å². The van der Waals surface area contributed by atoms with E-state index in [1.165, 1.54) is 37.5 Å². The van der Waals surface area contributed by atoms with Crippen molar-refractivity contribution in [2.75, 3.05) is 26.7 Å². The minimum absolute atomic E-state index is 0.0473. The zero-order valence-electron chi connectivity index (χ0n) is 14.5. The lowest BCUT2D eigenvalue weighted by atomic mass is 10.2. The Balaban J connectivity index is 1.82. The molecule has 2 rings (SSSR count). The third-order valence-corrected chi connectivity index (χ3v) is 3.93. The number of hydrogen-bond donors (Lipinski definition) is 1. The Morgan fingerprint density at radius 1 is 1.27 bits per heavy atom. The molecule has 0 aliphatic carbocycles. The van der Waals surface area contributed by atoms with Gasteiger partial charge in [-0.05, 0) is 36.6 Å². The lowest BCUT2D eigenvalue weighted by molar-refractivity contribution is -0.130. The molecule has 1 aromatic rings. The van der Waals surface area contributed by atoms with Crippen molar-refractivity contribution in [2.24, 2.45) is 0 Å². The van der Waals surface area contributed by atoms with Gasteiger partial charge in [-0.25, -0.2) is 0 Å². The highest BCUT2D eigenvalue weighted by molar-refractivity contribution is 5.92. The monoisotopic (exact) mass is 368 g/mol. The first kappa shape index (κ1) is 19.7. The number of alkyl halides is 2. The van der Waals surface area contributed by atoms with E-state index in [9.17, 15) is 18.4 Å². The van der Waals surface area contributed by atoms with Gasteiger partial charge in [0.05, 0.1) is 7.11 Å². The Morgan fingerprint density at radius 3 is 2.65 bits per heavy atom. The standard InChI is InChI=1S/C18H22F2N2O4/c1-25-15-12-13(4-6-14(15)26-18(19)20)5-7-16(23)21-9-8-17(24)22-10-2-3-11-22/h4-7,12,18H,2-3,8-11H2,1H3,(H,21,23)/b7-5+. The molecule has 142 valence electrons. The van der Waals surface area contributed by atoms with Gasteiger partial charge in [0.15, 0.2) is 11.5 Å². The van der Waals surface area contributed by atoms with Crippen LogP contribution in [0.25, 0.3) is 6.08 Å². The van der Waals surface area contributed by atoms with Crippen LogP contribution in [-0.2, 0) is 9.59 Å². The fourth-order valence-corrected chi connectivity index (χ4v) is 2.63. The zero-order chi connectivity index (χ0) is 18.9. The molecule has 0 atom stereocenters. The van der Waals surface area contributed by atoms with Gasteiger partial charge in [0, 0.05) is 32.1 Å². The Kier molecular flexibility index (Phi) is 7.37. The number of carbonyl (C=O) groups is 2. The molecule has 1 fully saturated rings. The number of benzene rings is 1. The van der Waals surface area contributed by atoms with Crippen molar-refractivity contribution in [1.82, 2.24) is 10.2 Å². The molecule has 1 aliphatic rings. The van der Waals surface area contributed by atoms with E-state index in [4.69, 9.17) is 4.74 Å². The summed E-state index contributed by atoms with van der Waals surface area (Å²) in [6.07, 6.45) is 5.17. The van der Waals surface area contributed by atoms with Crippen molar-refractivity contribution in [2.45, 2.75) is 25.9 Å². The average Bonchev–Trinajstić information content (AvgIpc) is 3.15. The lowest BCUT2D eigenvalue weighted by Gasteiger charge is -2.14. The molecule has 0 saturated carbocycles. The molecule has 6 nitrogen and oxygen atoms in total. The number of carbonyl (C=O) groups excluding carboxylic acids is 2. The van der Waals surface area contributed by atoms with Crippen LogP contribution in [0.5, 0.6) is 11.5 Å². The third-order valence-electron chi connectivity index (χ3n) is 3.93. The summed E-state index contributed by atoms with van der Waals surface area (Å²) >= 11 is 0. The highest BCUT2D eigenvalue weighted by Crippen LogP contribution is 2.29. The summed E-state index contributed by atoms with van der Waals surface area (Å²) in [5, 5.41) is 2.65. The molecule has 1 aromatic carbocycles. The quantitative estimate of drug-likeness (QED) is 0.716. The second-order valence-electron chi connectivity index (χ2n) is 5.75. The summed E-state index contributed by atoms with van der Waals surface area (Å²) in [4.78, 5) is 25.5. The first-order valence-corrected chi connectivity index (χ1v) is 8.36. The van der Waals surface area contributed by atoms with Gasteiger partial charge < -0.3 is 19.7 Å². The van der Waals surface area contributed by atoms with Gasteiger partial charge in [-0.15, -0.1) is 0 Å². The molecule has 26 heavy (non-hydrogen) atoms. The molecule has 0 aromatic heterocycles. The fraction of sp³-hybridized carbons (Fsp3) is 0.444. The van der Waals surface area contributed by atoms with Gasteiger partial charge in [-0.1, -0.05) is 6.07 Å². The maximum Gasteiger partial charge on any atom is 0.387 e. The number of hydrogen-bond acceptors (Lipinski definition) is 4. The number of likely N-dealkylation sites (tertiary alicyclic amines) is 1. The molecule has 1 N–H and O–H groups in total. The molecule has 0 spiro atoms. The molecule has 1 aliphatic heterocycles. The van der Waals surface area contributed by atoms with E-state index < -0.39 is 6.61 Å². The van der Waals surface area contributed by atoms with E-state index in [2.05, 4.69) is 10.1 Å². The largest absolute Gasteiger partial charge is 0.493 e. The first-order valence-electron chi connectivity index (χ1n) is 8.36. The number of nitrogens with zero attached hydrogens (tertiary/aromatic N) is 1. The molecule has 0 unspecified atom stereocenters. The summed E-state index contributed by atoms with van der Waals surface area (Å²) in [6, 6.07) is 4.36. The maximum absolute atomic E-state index is 12.3. The van der Waals surface area contributed by atoms with Crippen molar-refractivity contribution >= 4 is 17.9 Å². The molecule has 1 saturated heterocycles. The van der Waals surface area contributed by atoms with Crippen molar-refractivity contribution < 1.29 is 27.8 Å². The fourth-order valence-electron chi connectivity index (χ4n) is 2.63. The number of rotatable bonds is 8. The van der Waals surface area contributed by atoms with Crippen molar-refractivity contribution in [1.29, 1.82) is 0 Å². The van der Waals surface area contributed by atoms with Crippen LogP contribution in [0.2, 0.25) is 0 Å². The van der Waals surface area contributed by atoms with Gasteiger partial charge in [0.1, 0.15) is 0 Å². The van der Waals surface area contributed by atoms with E-state index in [0.29, 0.717) is 5.56 Å². The number of halogens is 2. The van der Waals surface area contributed by atoms with Crippen LogP contribution in [0.1, 0.15) is 24.8 Å². The van der Waals surface area contributed by atoms with E-state index >= 15 is 0 Å². The molecular weight excluding hydrogens is 346 g/mol. The van der Waals surface area contributed by atoms with Crippen LogP contribution in [0, 0.1) is 0 Å². The van der Waals surface area contributed by atoms with Crippen LogP contribution in [0.15, 0.2) is 24.3 Å². The summed E-state index contributed by atoms with van der Waals surface area (Å²) < 4.78 is 33.9. The number of nitrogens with one attached hydrogen (secondary N) is 1.